The van der Waals surface area contributed by atoms with Gasteiger partial charge in [0.25, 0.3) is 5.56 Å². The number of H-pyrrole nitrogens is 1. The van der Waals surface area contributed by atoms with Crippen LogP contribution >= 0.6 is 23.4 Å². The summed E-state index contributed by atoms with van der Waals surface area (Å²) in [6.45, 7) is 4.00. The molecule has 8 heteroatoms. The molecule has 31 heavy (non-hydrogen) atoms. The summed E-state index contributed by atoms with van der Waals surface area (Å²) < 4.78 is 5.75. The summed E-state index contributed by atoms with van der Waals surface area (Å²) in [5.41, 5.74) is 1.85. The fourth-order valence-corrected chi connectivity index (χ4v) is 4.64. The monoisotopic (exact) mass is 453 g/mol. The van der Waals surface area contributed by atoms with Crippen molar-refractivity contribution in [1.29, 1.82) is 0 Å². The highest BCUT2D eigenvalue weighted by molar-refractivity contribution is 7.98. The first kappa shape index (κ1) is 21.2. The van der Waals surface area contributed by atoms with Gasteiger partial charge in [0, 0.05) is 28.7 Å². The predicted molar refractivity (Wildman–Crippen MR) is 123 cm³/mol. The number of thioether (sulfide) groups is 1. The minimum Gasteiger partial charge on any atom is -0.489 e. The Hall–Kier alpha value is -3.03. The quantitative estimate of drug-likeness (QED) is 0.306. The van der Waals surface area contributed by atoms with Gasteiger partial charge < -0.3 is 15.0 Å². The minimum atomic E-state index is -0.455. The van der Waals surface area contributed by atoms with Crippen LogP contribution < -0.4 is 15.6 Å². The number of aromatic nitrogens is 2. The Morgan fingerprint density at radius 2 is 1.97 bits per heavy atom. The second kappa shape index (κ2) is 9.41. The molecule has 4 rings (SSSR count). The lowest BCUT2D eigenvalue weighted by Gasteiger charge is -2.26. The van der Waals surface area contributed by atoms with Crippen molar-refractivity contribution in [3.8, 4) is 5.75 Å². The van der Waals surface area contributed by atoms with Gasteiger partial charge in [0.1, 0.15) is 18.2 Å². The van der Waals surface area contributed by atoms with Crippen LogP contribution in [0.25, 0.3) is 0 Å². The van der Waals surface area contributed by atoms with Gasteiger partial charge in [0.05, 0.1) is 5.56 Å². The molecule has 158 valence electrons. The molecule has 0 radical (unpaired) electrons. The number of amides is 1. The number of nitrogens with one attached hydrogen (secondary N) is 2. The molecule has 0 unspecified atom stereocenters. The van der Waals surface area contributed by atoms with Crippen LogP contribution in [0.15, 0.2) is 71.1 Å². The first-order valence-corrected chi connectivity index (χ1v) is 11.1. The Morgan fingerprint density at radius 1 is 1.19 bits per heavy atom. The summed E-state index contributed by atoms with van der Waals surface area (Å²) in [7, 11) is 0. The molecular weight excluding hydrogens is 434 g/mol. The summed E-state index contributed by atoms with van der Waals surface area (Å²) in [6.07, 6.45) is 1.79. The lowest BCUT2D eigenvalue weighted by Crippen LogP contribution is -2.31. The van der Waals surface area contributed by atoms with Crippen molar-refractivity contribution in [2.24, 2.45) is 0 Å². The first-order chi connectivity index (χ1) is 15.1. The number of aromatic amines is 1. The normalized spacial score (nSPS) is 15.1. The van der Waals surface area contributed by atoms with E-state index in [2.05, 4.69) is 21.9 Å². The average molecular weight is 454 g/mol. The van der Waals surface area contributed by atoms with E-state index < -0.39 is 5.92 Å². The summed E-state index contributed by atoms with van der Waals surface area (Å²) in [5, 5.41) is 3.82. The zero-order chi connectivity index (χ0) is 21.8. The topological polar surface area (TPSA) is 84.1 Å². The number of carbonyl (C=O) groups is 1. The molecule has 2 heterocycles. The second-order valence-electron chi connectivity index (χ2n) is 6.96. The van der Waals surface area contributed by atoms with Gasteiger partial charge in [0.2, 0.25) is 5.91 Å². The fraction of sp³-hybridized carbons (Fsp3) is 0.174. The maximum Gasteiger partial charge on any atom is 0.257 e. The van der Waals surface area contributed by atoms with Crippen molar-refractivity contribution in [1.82, 2.24) is 9.97 Å². The van der Waals surface area contributed by atoms with E-state index in [1.165, 1.54) is 11.8 Å². The largest absolute Gasteiger partial charge is 0.489 e. The first-order valence-electron chi connectivity index (χ1n) is 9.69. The number of rotatable bonds is 7. The standard InChI is InChI=1S/C23H20ClN3O3S/c1-2-11-30-18-10-6-4-8-15(18)16-12-19(28)25-21-20(16)22(29)27-23(26-21)31-13-14-7-3-5-9-17(14)24/h2-10,16H,1,11-13H2,(H2,25,26,27,28,29)/t16-/m0/s1. The van der Waals surface area contributed by atoms with Crippen LogP contribution in [0, 0.1) is 0 Å². The molecule has 6 nitrogen and oxygen atoms in total. The van der Waals surface area contributed by atoms with Gasteiger partial charge in [0.15, 0.2) is 5.16 Å². The van der Waals surface area contributed by atoms with Gasteiger partial charge in [-0.2, -0.15) is 0 Å². The van der Waals surface area contributed by atoms with Crippen molar-refractivity contribution >= 4 is 35.1 Å². The number of hydrogen-bond acceptors (Lipinski definition) is 5. The maximum atomic E-state index is 13.0. The number of halogens is 1. The summed E-state index contributed by atoms with van der Waals surface area (Å²) in [4.78, 5) is 32.8. The van der Waals surface area contributed by atoms with Gasteiger partial charge in [-0.25, -0.2) is 4.98 Å². The number of nitrogens with zero attached hydrogens (tertiary/aromatic N) is 1. The summed E-state index contributed by atoms with van der Waals surface area (Å²) >= 11 is 7.56. The van der Waals surface area contributed by atoms with Crippen LogP contribution in [0.1, 0.15) is 29.0 Å². The molecule has 0 spiro atoms. The molecule has 0 fully saturated rings. The molecule has 1 amide bonds. The zero-order valence-electron chi connectivity index (χ0n) is 16.6. The summed E-state index contributed by atoms with van der Waals surface area (Å²) in [5.74, 6) is 0.784. The Morgan fingerprint density at radius 3 is 2.77 bits per heavy atom. The van der Waals surface area contributed by atoms with Crippen LogP contribution in [0.3, 0.4) is 0 Å². The number of benzene rings is 2. The van der Waals surface area contributed by atoms with Crippen molar-refractivity contribution < 1.29 is 9.53 Å². The number of anilines is 1. The third-order valence-corrected chi connectivity index (χ3v) is 6.19. The van der Waals surface area contributed by atoms with Crippen molar-refractivity contribution in [3.05, 3.63) is 93.3 Å². The zero-order valence-corrected chi connectivity index (χ0v) is 18.1. The van der Waals surface area contributed by atoms with E-state index >= 15 is 0 Å². The van der Waals surface area contributed by atoms with E-state index in [-0.39, 0.29) is 23.7 Å². The molecule has 2 aromatic carbocycles. The Bertz CT molecular complexity index is 1190. The Labute approximate surface area is 188 Å². The molecule has 0 bridgehead atoms. The molecule has 1 aromatic heterocycles. The van der Waals surface area contributed by atoms with Crippen molar-refractivity contribution in [3.63, 3.8) is 0 Å². The number of hydrogen-bond donors (Lipinski definition) is 2. The number of para-hydroxylation sites is 1. The lowest BCUT2D eigenvalue weighted by molar-refractivity contribution is -0.116. The van der Waals surface area contributed by atoms with Gasteiger partial charge >= 0.3 is 0 Å². The second-order valence-corrected chi connectivity index (χ2v) is 8.33. The number of ether oxygens (including phenoxy) is 1. The smallest absolute Gasteiger partial charge is 0.257 e. The van der Waals surface area contributed by atoms with E-state index in [1.54, 1.807) is 6.08 Å². The van der Waals surface area contributed by atoms with E-state index in [0.29, 0.717) is 33.9 Å². The lowest BCUT2D eigenvalue weighted by atomic mass is 9.86. The summed E-state index contributed by atoms with van der Waals surface area (Å²) in [6, 6.07) is 14.9. The minimum absolute atomic E-state index is 0.137. The van der Waals surface area contributed by atoms with E-state index in [1.807, 2.05) is 48.5 Å². The van der Waals surface area contributed by atoms with Gasteiger partial charge in [-0.1, -0.05) is 72.4 Å². The predicted octanol–water partition coefficient (Wildman–Crippen LogP) is 4.75. The Kier molecular flexibility index (Phi) is 6.44. The molecule has 0 aliphatic carbocycles. The highest BCUT2D eigenvalue weighted by Gasteiger charge is 2.32. The van der Waals surface area contributed by atoms with Gasteiger partial charge in [-0.3, -0.25) is 9.59 Å². The van der Waals surface area contributed by atoms with Crippen LogP contribution in [0.2, 0.25) is 5.02 Å². The molecule has 0 saturated heterocycles. The van der Waals surface area contributed by atoms with Crippen LogP contribution in [-0.2, 0) is 10.5 Å². The SMILES string of the molecule is C=CCOc1ccccc1[C@@H]1CC(=O)Nc2nc(SCc3ccccc3Cl)[nH]c(=O)c21. The highest BCUT2D eigenvalue weighted by Crippen LogP contribution is 2.38. The molecular formula is C23H20ClN3O3S. The van der Waals surface area contributed by atoms with Gasteiger partial charge in [-0.15, -0.1) is 0 Å². The number of fused-ring (bicyclic) bond motifs is 1. The third-order valence-electron chi connectivity index (χ3n) is 4.90. The van der Waals surface area contributed by atoms with E-state index in [4.69, 9.17) is 16.3 Å². The van der Waals surface area contributed by atoms with Crippen LogP contribution in [-0.4, -0.2) is 22.5 Å². The third kappa shape index (κ3) is 4.68. The molecule has 0 saturated carbocycles. The van der Waals surface area contributed by atoms with Gasteiger partial charge in [-0.05, 0) is 17.7 Å². The number of carbonyl (C=O) groups excluding carboxylic acids is 1. The molecule has 3 aromatic rings. The van der Waals surface area contributed by atoms with Crippen LogP contribution in [0.4, 0.5) is 5.82 Å². The Balaban J connectivity index is 1.67. The maximum absolute atomic E-state index is 13.0. The molecule has 2 N–H and O–H groups in total. The fourth-order valence-electron chi connectivity index (χ4n) is 3.49. The van der Waals surface area contributed by atoms with E-state index in [0.717, 1.165) is 11.1 Å². The molecule has 1 atom stereocenters. The van der Waals surface area contributed by atoms with Crippen molar-refractivity contribution in [2.45, 2.75) is 23.2 Å². The highest BCUT2D eigenvalue weighted by atomic mass is 35.5. The molecule has 1 aliphatic heterocycles. The molecule has 1 aliphatic rings. The van der Waals surface area contributed by atoms with E-state index in [9.17, 15) is 9.59 Å². The average Bonchev–Trinajstić information content (AvgIpc) is 2.76. The van der Waals surface area contributed by atoms with Crippen molar-refractivity contribution in [2.75, 3.05) is 11.9 Å². The van der Waals surface area contributed by atoms with Crippen LogP contribution in [0.5, 0.6) is 5.75 Å².